The Bertz CT molecular complexity index is 514. The molecule has 2 rings (SSSR count). The maximum absolute atomic E-state index is 12.8. The summed E-state index contributed by atoms with van der Waals surface area (Å²) in [7, 11) is 0. The van der Waals surface area contributed by atoms with E-state index in [1.807, 2.05) is 20.8 Å². The molecule has 1 N–H and O–H groups in total. The monoisotopic (exact) mass is 294 g/mol. The Labute approximate surface area is 126 Å². The van der Waals surface area contributed by atoms with E-state index < -0.39 is 0 Å². The van der Waals surface area contributed by atoms with Crippen molar-refractivity contribution < 1.29 is 14.3 Å². The molecular weight excluding hydrogens is 268 g/mol. The smallest absolute Gasteiger partial charge is 0.276 e. The molecule has 2 heterocycles. The summed E-state index contributed by atoms with van der Waals surface area (Å²) in [6, 6.07) is 0. The van der Waals surface area contributed by atoms with Gasteiger partial charge in [0.05, 0.1) is 6.10 Å². The Hall–Kier alpha value is -1.36. The molecule has 1 saturated heterocycles. The minimum Gasteiger partial charge on any atom is -0.447 e. The lowest BCUT2D eigenvalue weighted by molar-refractivity contribution is 0.0695. The molecule has 1 aliphatic heterocycles. The highest BCUT2D eigenvalue weighted by Crippen LogP contribution is 2.31. The number of aromatic nitrogens is 1. The number of carbonyl (C=O) groups excluding carboxylic acids is 1. The summed E-state index contributed by atoms with van der Waals surface area (Å²) in [5.41, 5.74) is 0.0363. The summed E-state index contributed by atoms with van der Waals surface area (Å²) < 4.78 is 5.44. The Morgan fingerprint density at radius 1 is 1.48 bits per heavy atom. The van der Waals surface area contributed by atoms with Crippen molar-refractivity contribution in [2.45, 2.75) is 59.0 Å². The van der Waals surface area contributed by atoms with Gasteiger partial charge < -0.3 is 14.4 Å². The second-order valence-corrected chi connectivity index (χ2v) is 7.82. The Morgan fingerprint density at radius 3 is 2.76 bits per heavy atom. The second kappa shape index (κ2) is 5.44. The highest BCUT2D eigenvalue weighted by molar-refractivity contribution is 5.93. The summed E-state index contributed by atoms with van der Waals surface area (Å²) in [5, 5.41) is 9.97. The average molecular weight is 294 g/mol. The molecule has 1 fully saturated rings. The van der Waals surface area contributed by atoms with Crippen LogP contribution in [0.2, 0.25) is 0 Å². The van der Waals surface area contributed by atoms with Crippen LogP contribution < -0.4 is 0 Å². The number of carbonyl (C=O) groups is 1. The number of likely N-dealkylation sites (tertiary alicyclic amines) is 1. The summed E-state index contributed by atoms with van der Waals surface area (Å²) in [6.45, 7) is 11.3. The highest BCUT2D eigenvalue weighted by Gasteiger charge is 2.35. The van der Waals surface area contributed by atoms with E-state index in [0.717, 1.165) is 0 Å². The lowest BCUT2D eigenvalue weighted by atomic mass is 9.86. The van der Waals surface area contributed by atoms with Gasteiger partial charge in [0.1, 0.15) is 5.76 Å². The number of aliphatic hydroxyl groups is 1. The topological polar surface area (TPSA) is 66.6 Å². The van der Waals surface area contributed by atoms with Crippen LogP contribution in [0.1, 0.15) is 63.7 Å². The van der Waals surface area contributed by atoms with Gasteiger partial charge in [-0.25, -0.2) is 4.98 Å². The van der Waals surface area contributed by atoms with Crippen molar-refractivity contribution in [3.05, 3.63) is 17.8 Å². The third-order valence-corrected chi connectivity index (χ3v) is 3.88. The molecule has 0 saturated carbocycles. The molecule has 118 valence electrons. The van der Waals surface area contributed by atoms with E-state index in [0.29, 0.717) is 37.4 Å². The number of amides is 1. The fraction of sp³-hybridized carbons (Fsp3) is 0.750. The summed E-state index contributed by atoms with van der Waals surface area (Å²) in [4.78, 5) is 18.7. The van der Waals surface area contributed by atoms with E-state index in [1.54, 1.807) is 4.90 Å². The van der Waals surface area contributed by atoms with Crippen LogP contribution in [0.15, 0.2) is 10.8 Å². The van der Waals surface area contributed by atoms with Crippen LogP contribution in [0, 0.1) is 5.41 Å². The number of aliphatic hydroxyl groups excluding tert-OH is 1. The average Bonchev–Trinajstić information content (AvgIpc) is 2.76. The minimum absolute atomic E-state index is 0.1000. The van der Waals surface area contributed by atoms with E-state index in [2.05, 4.69) is 18.8 Å². The van der Waals surface area contributed by atoms with E-state index in [9.17, 15) is 9.90 Å². The lowest BCUT2D eigenvalue weighted by Gasteiger charge is -2.29. The van der Waals surface area contributed by atoms with Crippen molar-refractivity contribution in [1.82, 2.24) is 9.88 Å². The van der Waals surface area contributed by atoms with Crippen LogP contribution in [-0.2, 0) is 5.41 Å². The van der Waals surface area contributed by atoms with Gasteiger partial charge in [-0.1, -0.05) is 34.6 Å². The number of oxazole rings is 1. The van der Waals surface area contributed by atoms with Gasteiger partial charge in [0.2, 0.25) is 0 Å². The van der Waals surface area contributed by atoms with E-state index in [4.69, 9.17) is 4.42 Å². The zero-order valence-electron chi connectivity index (χ0n) is 13.6. The Balaban J connectivity index is 2.26. The van der Waals surface area contributed by atoms with Crippen LogP contribution >= 0.6 is 0 Å². The van der Waals surface area contributed by atoms with Crippen molar-refractivity contribution in [2.24, 2.45) is 5.41 Å². The molecule has 0 aliphatic carbocycles. The summed E-state index contributed by atoms with van der Waals surface area (Å²) in [6.07, 6.45) is 2.31. The van der Waals surface area contributed by atoms with Gasteiger partial charge in [0.25, 0.3) is 5.91 Å². The van der Waals surface area contributed by atoms with Crippen LogP contribution in [0.25, 0.3) is 0 Å². The predicted octanol–water partition coefficient (Wildman–Crippen LogP) is 2.60. The van der Waals surface area contributed by atoms with Crippen LogP contribution in [0.3, 0.4) is 0 Å². The number of hydrogen-bond acceptors (Lipinski definition) is 4. The zero-order chi connectivity index (χ0) is 15.8. The molecule has 0 bridgehead atoms. The van der Waals surface area contributed by atoms with Gasteiger partial charge >= 0.3 is 0 Å². The fourth-order valence-corrected chi connectivity index (χ4v) is 2.96. The Kier molecular flexibility index (Phi) is 4.15. The van der Waals surface area contributed by atoms with Crippen molar-refractivity contribution >= 4 is 5.91 Å². The van der Waals surface area contributed by atoms with Gasteiger partial charge in [0.15, 0.2) is 12.1 Å². The molecule has 1 aromatic rings. The second-order valence-electron chi connectivity index (χ2n) is 7.82. The summed E-state index contributed by atoms with van der Waals surface area (Å²) in [5.74, 6) is 0.519. The van der Waals surface area contributed by atoms with Gasteiger partial charge in [-0.05, 0) is 18.3 Å². The quantitative estimate of drug-likeness (QED) is 0.864. The molecule has 0 radical (unpaired) electrons. The van der Waals surface area contributed by atoms with Crippen molar-refractivity contribution in [3.63, 3.8) is 0 Å². The van der Waals surface area contributed by atoms with Gasteiger partial charge in [-0.15, -0.1) is 0 Å². The minimum atomic E-state index is -0.350. The van der Waals surface area contributed by atoms with E-state index in [-0.39, 0.29) is 22.8 Å². The van der Waals surface area contributed by atoms with Crippen LogP contribution in [0.5, 0.6) is 0 Å². The largest absolute Gasteiger partial charge is 0.447 e. The Morgan fingerprint density at radius 2 is 2.14 bits per heavy atom. The molecule has 1 unspecified atom stereocenters. The van der Waals surface area contributed by atoms with Gasteiger partial charge in [0, 0.05) is 18.5 Å². The van der Waals surface area contributed by atoms with Gasteiger partial charge in [-0.3, -0.25) is 4.79 Å². The first-order chi connectivity index (χ1) is 9.60. The molecule has 0 spiro atoms. The molecule has 5 nitrogen and oxygen atoms in total. The van der Waals surface area contributed by atoms with Crippen molar-refractivity contribution in [3.8, 4) is 0 Å². The molecular formula is C16H26N2O3. The number of nitrogens with zero attached hydrogens (tertiary/aromatic N) is 2. The number of hydrogen-bond donors (Lipinski definition) is 1. The van der Waals surface area contributed by atoms with Gasteiger partial charge in [-0.2, -0.15) is 0 Å². The third kappa shape index (κ3) is 3.64. The predicted molar refractivity (Wildman–Crippen MR) is 80.1 cm³/mol. The molecule has 1 aromatic heterocycles. The van der Waals surface area contributed by atoms with Crippen molar-refractivity contribution in [2.75, 3.05) is 13.1 Å². The third-order valence-electron chi connectivity index (χ3n) is 3.88. The van der Waals surface area contributed by atoms with E-state index in [1.165, 1.54) is 6.39 Å². The maximum atomic E-state index is 12.8. The SMILES string of the molecule is CC1(C)CC(O)CCN(C(=O)c2ncoc2C(C)(C)C)C1. The molecule has 5 heteroatoms. The van der Waals surface area contributed by atoms with Crippen LogP contribution in [0.4, 0.5) is 0 Å². The summed E-state index contributed by atoms with van der Waals surface area (Å²) >= 11 is 0. The molecule has 21 heavy (non-hydrogen) atoms. The molecule has 1 amide bonds. The lowest BCUT2D eigenvalue weighted by Crippen LogP contribution is -2.38. The number of rotatable bonds is 1. The van der Waals surface area contributed by atoms with Crippen molar-refractivity contribution in [1.29, 1.82) is 0 Å². The molecule has 0 aromatic carbocycles. The zero-order valence-corrected chi connectivity index (χ0v) is 13.6. The molecule has 1 atom stereocenters. The fourth-order valence-electron chi connectivity index (χ4n) is 2.96. The first-order valence-electron chi connectivity index (χ1n) is 7.51. The van der Waals surface area contributed by atoms with E-state index >= 15 is 0 Å². The normalized spacial score (nSPS) is 23.0. The molecule has 1 aliphatic rings. The highest BCUT2D eigenvalue weighted by atomic mass is 16.3. The first kappa shape index (κ1) is 16.0. The standard InChI is InChI=1S/C16H26N2O3/c1-15(2,3)13-12(17-10-21-13)14(20)18-7-6-11(19)8-16(4,5)9-18/h10-11,19H,6-9H2,1-5H3. The first-order valence-corrected chi connectivity index (χ1v) is 7.51. The van der Waals surface area contributed by atoms with Crippen LogP contribution in [-0.4, -0.2) is 40.1 Å². The maximum Gasteiger partial charge on any atom is 0.276 e.